The molecule has 0 amide bonds. The van der Waals surface area contributed by atoms with Crippen LogP contribution in [0.4, 0.5) is 0 Å². The van der Waals surface area contributed by atoms with Gasteiger partial charge in [0.2, 0.25) is 10.0 Å². The molecule has 3 aliphatic heterocycles. The summed E-state index contributed by atoms with van der Waals surface area (Å²) in [6.45, 7) is 6.99. The largest absolute Gasteiger partial charge is 0.299 e. The van der Waals surface area contributed by atoms with Gasteiger partial charge in [-0.3, -0.25) is 14.6 Å². The number of carbonyl (C=O) groups excluding carboxylic acids is 1. The number of ketones is 1. The minimum absolute atomic E-state index is 0.0722. The van der Waals surface area contributed by atoms with Crippen LogP contribution in [0, 0.1) is 0 Å². The highest BCUT2D eigenvalue weighted by Crippen LogP contribution is 2.16. The van der Waals surface area contributed by atoms with Crippen LogP contribution in [-0.2, 0) is 10.0 Å². The molecule has 3 fully saturated rings. The maximum Gasteiger partial charge on any atom is 0.240 e. The van der Waals surface area contributed by atoms with Crippen molar-refractivity contribution >= 4 is 15.8 Å². The Morgan fingerprint density at radius 1 is 1.18 bits per heavy atom. The van der Waals surface area contributed by atoms with E-state index in [1.54, 1.807) is 12.1 Å². The molecule has 3 saturated heterocycles. The highest BCUT2D eigenvalue weighted by Gasteiger charge is 2.32. The van der Waals surface area contributed by atoms with Gasteiger partial charge in [-0.15, -0.1) is 0 Å². The Hall–Kier alpha value is -1.28. The lowest BCUT2D eigenvalue weighted by molar-refractivity contribution is 0.0158. The molecular weight excluding hydrogens is 302 g/mol. The van der Waals surface area contributed by atoms with E-state index in [2.05, 4.69) is 14.5 Å². The molecule has 0 saturated carbocycles. The van der Waals surface area contributed by atoms with E-state index in [9.17, 15) is 13.2 Å². The van der Waals surface area contributed by atoms with Gasteiger partial charge in [0.05, 0.1) is 4.90 Å². The van der Waals surface area contributed by atoms with E-state index in [0.717, 1.165) is 32.7 Å². The summed E-state index contributed by atoms with van der Waals surface area (Å²) in [7, 11) is -3.53. The normalized spacial score (nSPS) is 27.8. The van der Waals surface area contributed by atoms with Crippen LogP contribution < -0.4 is 4.72 Å². The first-order valence-corrected chi connectivity index (χ1v) is 9.01. The molecule has 3 aliphatic rings. The van der Waals surface area contributed by atoms with Crippen molar-refractivity contribution in [2.24, 2.45) is 0 Å². The predicted octanol–water partition coefficient (Wildman–Crippen LogP) is 0.167. The zero-order valence-electron chi connectivity index (χ0n) is 12.7. The third kappa shape index (κ3) is 3.22. The van der Waals surface area contributed by atoms with Crippen molar-refractivity contribution in [1.82, 2.24) is 14.5 Å². The van der Waals surface area contributed by atoms with E-state index in [1.807, 2.05) is 0 Å². The van der Waals surface area contributed by atoms with Crippen molar-refractivity contribution in [3.8, 4) is 0 Å². The number of sulfonamides is 1. The second-order valence-corrected chi connectivity index (χ2v) is 7.69. The van der Waals surface area contributed by atoms with E-state index < -0.39 is 10.0 Å². The molecule has 0 radical (unpaired) electrons. The van der Waals surface area contributed by atoms with Crippen molar-refractivity contribution in [2.75, 3.05) is 39.3 Å². The van der Waals surface area contributed by atoms with E-state index in [0.29, 0.717) is 12.1 Å². The van der Waals surface area contributed by atoms with E-state index >= 15 is 0 Å². The molecular formula is C15H21N3O3S. The van der Waals surface area contributed by atoms with Crippen LogP contribution in [0.5, 0.6) is 0 Å². The number of Topliss-reactive ketones (excluding diaryl/α,β-unsaturated/α-hetero) is 1. The lowest BCUT2D eigenvalue weighted by Gasteiger charge is -2.47. The molecule has 1 aromatic carbocycles. The number of nitrogens with zero attached hydrogens (tertiary/aromatic N) is 2. The van der Waals surface area contributed by atoms with E-state index in [4.69, 9.17) is 0 Å². The summed E-state index contributed by atoms with van der Waals surface area (Å²) < 4.78 is 27.4. The Bertz CT molecular complexity index is 649. The van der Waals surface area contributed by atoms with Crippen molar-refractivity contribution in [3.63, 3.8) is 0 Å². The summed E-state index contributed by atoms with van der Waals surface area (Å²) >= 11 is 0. The molecule has 0 aliphatic carbocycles. The number of benzene rings is 1. The second-order valence-electron chi connectivity index (χ2n) is 5.92. The van der Waals surface area contributed by atoms with Gasteiger partial charge in [-0.1, -0.05) is 12.1 Å². The summed E-state index contributed by atoms with van der Waals surface area (Å²) in [6, 6.07) is 6.31. The molecule has 1 aromatic rings. The van der Waals surface area contributed by atoms with Crippen molar-refractivity contribution in [1.29, 1.82) is 0 Å². The van der Waals surface area contributed by atoms with Crippen LogP contribution in [0.3, 0.4) is 0 Å². The Morgan fingerprint density at radius 3 is 2.32 bits per heavy atom. The fraction of sp³-hybridized carbons (Fsp3) is 0.533. The summed E-state index contributed by atoms with van der Waals surface area (Å²) in [4.78, 5) is 16.2. The molecule has 1 N–H and O–H groups in total. The minimum atomic E-state index is -3.53. The van der Waals surface area contributed by atoms with Crippen LogP contribution >= 0.6 is 0 Å². The van der Waals surface area contributed by atoms with Crippen molar-refractivity contribution in [3.05, 3.63) is 29.8 Å². The Kier molecular flexibility index (Phi) is 4.31. The molecule has 0 aromatic heterocycles. The van der Waals surface area contributed by atoms with E-state index in [-0.39, 0.29) is 16.7 Å². The van der Waals surface area contributed by atoms with Gasteiger partial charge in [0.15, 0.2) is 5.78 Å². The molecule has 4 rings (SSSR count). The van der Waals surface area contributed by atoms with Crippen LogP contribution in [0.15, 0.2) is 29.2 Å². The zero-order valence-corrected chi connectivity index (χ0v) is 13.5. The summed E-state index contributed by atoms with van der Waals surface area (Å²) in [5.41, 5.74) is 0.516. The molecule has 1 unspecified atom stereocenters. The third-order valence-electron chi connectivity index (χ3n) is 4.47. The monoisotopic (exact) mass is 323 g/mol. The van der Waals surface area contributed by atoms with Crippen LogP contribution in [0.2, 0.25) is 0 Å². The van der Waals surface area contributed by atoms with Gasteiger partial charge in [-0.25, -0.2) is 13.1 Å². The first-order chi connectivity index (χ1) is 10.5. The molecule has 3 heterocycles. The standard InChI is InChI=1S/C15H21N3O3S/c1-12(19)13-2-4-15(5-3-13)22(20,21)16-10-14-11-17-6-8-18(14)9-7-17/h2-5,14,16H,6-11H2,1H3. The summed E-state index contributed by atoms with van der Waals surface area (Å²) in [6.07, 6.45) is 0. The van der Waals surface area contributed by atoms with Gasteiger partial charge in [-0.05, 0) is 19.1 Å². The minimum Gasteiger partial charge on any atom is -0.299 e. The number of rotatable bonds is 5. The van der Waals surface area contributed by atoms with Gasteiger partial charge >= 0.3 is 0 Å². The molecule has 1 atom stereocenters. The summed E-state index contributed by atoms with van der Waals surface area (Å²) in [5, 5.41) is 0. The molecule has 0 spiro atoms. The number of hydrogen-bond acceptors (Lipinski definition) is 5. The maximum atomic E-state index is 12.3. The average molecular weight is 323 g/mol. The Labute approximate surface area is 131 Å². The van der Waals surface area contributed by atoms with Gasteiger partial charge in [0.25, 0.3) is 0 Å². The predicted molar refractivity (Wildman–Crippen MR) is 83.4 cm³/mol. The van der Waals surface area contributed by atoms with Crippen LogP contribution in [-0.4, -0.2) is 69.3 Å². The topological polar surface area (TPSA) is 69.7 Å². The highest BCUT2D eigenvalue weighted by atomic mass is 32.2. The SMILES string of the molecule is CC(=O)c1ccc(S(=O)(=O)NCC2CN3CCN2CC3)cc1. The summed E-state index contributed by atoms with van der Waals surface area (Å²) in [5.74, 6) is -0.0722. The molecule has 2 bridgehead atoms. The highest BCUT2D eigenvalue weighted by molar-refractivity contribution is 7.89. The van der Waals surface area contributed by atoms with Crippen molar-refractivity contribution < 1.29 is 13.2 Å². The Morgan fingerprint density at radius 2 is 1.82 bits per heavy atom. The molecule has 6 nitrogen and oxygen atoms in total. The number of carbonyl (C=O) groups is 1. The zero-order chi connectivity index (χ0) is 15.7. The van der Waals surface area contributed by atoms with E-state index in [1.165, 1.54) is 19.1 Å². The third-order valence-corrected chi connectivity index (χ3v) is 5.91. The smallest absolute Gasteiger partial charge is 0.240 e. The molecule has 120 valence electrons. The Balaban J connectivity index is 1.64. The molecule has 22 heavy (non-hydrogen) atoms. The number of fused-ring (bicyclic) bond motifs is 3. The first-order valence-electron chi connectivity index (χ1n) is 7.53. The second kappa shape index (κ2) is 6.08. The first kappa shape index (κ1) is 15.6. The number of nitrogens with one attached hydrogen (secondary N) is 1. The van der Waals surface area contributed by atoms with Crippen LogP contribution in [0.25, 0.3) is 0 Å². The van der Waals surface area contributed by atoms with Gasteiger partial charge in [0.1, 0.15) is 0 Å². The lowest BCUT2D eigenvalue weighted by atomic mass is 10.1. The average Bonchev–Trinajstić information content (AvgIpc) is 2.54. The van der Waals surface area contributed by atoms with Crippen molar-refractivity contribution in [2.45, 2.75) is 17.9 Å². The fourth-order valence-corrected chi connectivity index (χ4v) is 4.15. The van der Waals surface area contributed by atoms with Gasteiger partial charge in [-0.2, -0.15) is 0 Å². The number of piperazine rings is 3. The van der Waals surface area contributed by atoms with Gasteiger partial charge in [0, 0.05) is 50.9 Å². The fourth-order valence-electron chi connectivity index (χ4n) is 3.08. The van der Waals surface area contributed by atoms with Gasteiger partial charge < -0.3 is 0 Å². The van der Waals surface area contributed by atoms with Crippen LogP contribution in [0.1, 0.15) is 17.3 Å². The lowest BCUT2D eigenvalue weighted by Crippen LogP contribution is -2.63. The number of hydrogen-bond donors (Lipinski definition) is 1. The molecule has 7 heteroatoms. The quantitative estimate of drug-likeness (QED) is 0.782. The maximum absolute atomic E-state index is 12.3.